The topological polar surface area (TPSA) is 63.4 Å². The summed E-state index contributed by atoms with van der Waals surface area (Å²) in [6, 6.07) is 10.6. The standard InChI is InChI=1S/C22H22N2O3/c1-4-14-8-9-17-15(11-14)20(25)18-19(16-7-5-6-10-23-16)24(12-13(2)3)22(26)21(18)27-17/h5-11,13,19H,4,12H2,1-3H3. The summed E-state index contributed by atoms with van der Waals surface area (Å²) in [6.45, 7) is 6.66. The van der Waals surface area contributed by atoms with Gasteiger partial charge in [-0.15, -0.1) is 0 Å². The predicted octanol–water partition coefficient (Wildman–Crippen LogP) is 3.95. The number of aryl methyl sites for hydroxylation is 1. The van der Waals surface area contributed by atoms with Crippen molar-refractivity contribution in [3.63, 3.8) is 0 Å². The minimum Gasteiger partial charge on any atom is -0.450 e. The Kier molecular flexibility index (Phi) is 4.30. The molecule has 0 saturated heterocycles. The average molecular weight is 362 g/mol. The Morgan fingerprint density at radius 2 is 2.00 bits per heavy atom. The van der Waals surface area contributed by atoms with Crippen LogP contribution in [0.4, 0.5) is 0 Å². The van der Waals surface area contributed by atoms with Crippen LogP contribution in [0.2, 0.25) is 0 Å². The normalized spacial score (nSPS) is 16.4. The summed E-state index contributed by atoms with van der Waals surface area (Å²) in [4.78, 5) is 32.6. The van der Waals surface area contributed by atoms with Crippen molar-refractivity contribution in [1.82, 2.24) is 9.88 Å². The first kappa shape index (κ1) is 17.5. The third kappa shape index (κ3) is 2.83. The van der Waals surface area contributed by atoms with Crippen LogP contribution < -0.4 is 5.43 Å². The molecule has 1 amide bonds. The summed E-state index contributed by atoms with van der Waals surface area (Å²) < 4.78 is 5.94. The van der Waals surface area contributed by atoms with E-state index in [0.717, 1.165) is 12.0 Å². The van der Waals surface area contributed by atoms with Crippen LogP contribution in [0.25, 0.3) is 11.0 Å². The molecule has 3 aromatic rings. The zero-order valence-electron chi connectivity index (χ0n) is 15.7. The van der Waals surface area contributed by atoms with Crippen LogP contribution in [-0.4, -0.2) is 22.3 Å². The number of hydrogen-bond donors (Lipinski definition) is 0. The monoisotopic (exact) mass is 362 g/mol. The molecule has 1 unspecified atom stereocenters. The predicted molar refractivity (Wildman–Crippen MR) is 104 cm³/mol. The molecule has 0 radical (unpaired) electrons. The summed E-state index contributed by atoms with van der Waals surface area (Å²) >= 11 is 0. The molecular formula is C22H22N2O3. The van der Waals surface area contributed by atoms with Crippen molar-refractivity contribution in [1.29, 1.82) is 0 Å². The lowest BCUT2D eigenvalue weighted by Crippen LogP contribution is -2.33. The third-order valence-corrected chi connectivity index (χ3v) is 4.97. The van der Waals surface area contributed by atoms with Gasteiger partial charge in [-0.25, -0.2) is 0 Å². The van der Waals surface area contributed by atoms with Gasteiger partial charge in [-0.2, -0.15) is 0 Å². The highest BCUT2D eigenvalue weighted by Gasteiger charge is 2.43. The number of aromatic nitrogens is 1. The molecule has 5 heteroatoms. The molecule has 5 nitrogen and oxygen atoms in total. The van der Waals surface area contributed by atoms with E-state index in [1.54, 1.807) is 17.2 Å². The summed E-state index contributed by atoms with van der Waals surface area (Å²) in [5.41, 5.74) is 2.46. The van der Waals surface area contributed by atoms with E-state index in [4.69, 9.17) is 4.42 Å². The number of carbonyl (C=O) groups excluding carboxylic acids is 1. The Bertz CT molecular complexity index is 1070. The molecule has 0 N–H and O–H groups in total. The van der Waals surface area contributed by atoms with Gasteiger partial charge in [0, 0.05) is 12.7 Å². The minimum absolute atomic E-state index is 0.142. The number of benzene rings is 1. The molecule has 1 aliphatic rings. The maximum Gasteiger partial charge on any atom is 0.290 e. The lowest BCUT2D eigenvalue weighted by Gasteiger charge is -2.25. The van der Waals surface area contributed by atoms with E-state index in [0.29, 0.717) is 28.8 Å². The zero-order valence-corrected chi connectivity index (χ0v) is 15.7. The average Bonchev–Trinajstić information content (AvgIpc) is 2.94. The quantitative estimate of drug-likeness (QED) is 0.705. The number of pyridine rings is 1. The maximum absolute atomic E-state index is 13.4. The molecular weight excluding hydrogens is 340 g/mol. The number of amides is 1. The Morgan fingerprint density at radius 3 is 2.67 bits per heavy atom. The Hall–Kier alpha value is -2.95. The summed E-state index contributed by atoms with van der Waals surface area (Å²) in [7, 11) is 0. The van der Waals surface area contributed by atoms with Gasteiger partial charge in [-0.1, -0.05) is 32.9 Å². The smallest absolute Gasteiger partial charge is 0.290 e. The van der Waals surface area contributed by atoms with E-state index in [9.17, 15) is 9.59 Å². The molecule has 0 bridgehead atoms. The van der Waals surface area contributed by atoms with Crippen LogP contribution in [0.5, 0.6) is 0 Å². The molecule has 0 aliphatic carbocycles. The Morgan fingerprint density at radius 1 is 1.19 bits per heavy atom. The van der Waals surface area contributed by atoms with E-state index >= 15 is 0 Å². The Labute approximate surface area is 157 Å². The van der Waals surface area contributed by atoms with Gasteiger partial charge in [-0.3, -0.25) is 14.6 Å². The first-order valence-corrected chi connectivity index (χ1v) is 9.32. The van der Waals surface area contributed by atoms with E-state index in [1.807, 2.05) is 51.1 Å². The van der Waals surface area contributed by atoms with Crippen molar-refractivity contribution < 1.29 is 9.21 Å². The first-order chi connectivity index (χ1) is 13.0. The van der Waals surface area contributed by atoms with Gasteiger partial charge in [0.05, 0.1) is 16.6 Å². The van der Waals surface area contributed by atoms with Crippen LogP contribution in [0.1, 0.15) is 54.2 Å². The van der Waals surface area contributed by atoms with E-state index in [2.05, 4.69) is 4.98 Å². The molecule has 138 valence electrons. The molecule has 1 aliphatic heterocycles. The molecule has 1 atom stereocenters. The minimum atomic E-state index is -0.512. The second-order valence-corrected chi connectivity index (χ2v) is 7.37. The van der Waals surface area contributed by atoms with Crippen LogP contribution in [-0.2, 0) is 6.42 Å². The van der Waals surface area contributed by atoms with Crippen molar-refractivity contribution >= 4 is 16.9 Å². The van der Waals surface area contributed by atoms with Gasteiger partial charge in [0.25, 0.3) is 5.91 Å². The van der Waals surface area contributed by atoms with Crippen LogP contribution in [0.15, 0.2) is 51.8 Å². The number of nitrogens with zero attached hydrogens (tertiary/aromatic N) is 2. The van der Waals surface area contributed by atoms with Gasteiger partial charge in [0.2, 0.25) is 5.76 Å². The lowest BCUT2D eigenvalue weighted by molar-refractivity contribution is 0.0704. The molecule has 2 aromatic heterocycles. The molecule has 3 heterocycles. The fourth-order valence-electron chi connectivity index (χ4n) is 3.71. The first-order valence-electron chi connectivity index (χ1n) is 9.32. The number of hydrogen-bond acceptors (Lipinski definition) is 4. The second kappa shape index (κ2) is 6.65. The fraction of sp³-hybridized carbons (Fsp3) is 0.318. The largest absolute Gasteiger partial charge is 0.450 e. The molecule has 4 rings (SSSR count). The van der Waals surface area contributed by atoms with Gasteiger partial charge in [0.1, 0.15) is 11.6 Å². The number of carbonyl (C=O) groups is 1. The van der Waals surface area contributed by atoms with Crippen molar-refractivity contribution in [3.8, 4) is 0 Å². The number of rotatable bonds is 4. The van der Waals surface area contributed by atoms with Gasteiger partial charge in [0.15, 0.2) is 5.43 Å². The van der Waals surface area contributed by atoms with E-state index in [1.165, 1.54) is 0 Å². The highest BCUT2D eigenvalue weighted by Crippen LogP contribution is 2.37. The molecule has 0 spiro atoms. The second-order valence-electron chi connectivity index (χ2n) is 7.37. The molecule has 0 fully saturated rings. The van der Waals surface area contributed by atoms with E-state index in [-0.39, 0.29) is 23.0 Å². The van der Waals surface area contributed by atoms with Gasteiger partial charge in [-0.05, 0) is 42.2 Å². The van der Waals surface area contributed by atoms with Crippen LogP contribution in [0.3, 0.4) is 0 Å². The van der Waals surface area contributed by atoms with Gasteiger partial charge >= 0.3 is 0 Å². The van der Waals surface area contributed by atoms with Crippen molar-refractivity contribution in [2.75, 3.05) is 6.54 Å². The van der Waals surface area contributed by atoms with Gasteiger partial charge < -0.3 is 9.32 Å². The lowest BCUT2D eigenvalue weighted by atomic mass is 10.0. The summed E-state index contributed by atoms with van der Waals surface area (Å²) in [6.07, 6.45) is 2.51. The summed E-state index contributed by atoms with van der Waals surface area (Å²) in [5, 5.41) is 0.522. The summed E-state index contributed by atoms with van der Waals surface area (Å²) in [5.74, 6) is 0.159. The van der Waals surface area contributed by atoms with Crippen LogP contribution >= 0.6 is 0 Å². The number of fused-ring (bicyclic) bond motifs is 2. The zero-order chi connectivity index (χ0) is 19.1. The highest BCUT2D eigenvalue weighted by atomic mass is 16.3. The van der Waals surface area contributed by atoms with E-state index < -0.39 is 6.04 Å². The molecule has 1 aromatic carbocycles. The Balaban J connectivity index is 1.99. The molecule has 0 saturated carbocycles. The van der Waals surface area contributed by atoms with Crippen molar-refractivity contribution in [3.05, 3.63) is 75.4 Å². The van der Waals surface area contributed by atoms with Crippen LogP contribution in [0, 0.1) is 5.92 Å². The molecule has 27 heavy (non-hydrogen) atoms. The fourth-order valence-corrected chi connectivity index (χ4v) is 3.71. The van der Waals surface area contributed by atoms with Crippen molar-refractivity contribution in [2.45, 2.75) is 33.2 Å². The van der Waals surface area contributed by atoms with Crippen molar-refractivity contribution in [2.24, 2.45) is 5.92 Å². The highest BCUT2D eigenvalue weighted by molar-refractivity contribution is 5.99. The SMILES string of the molecule is CCc1ccc2oc3c(c(=O)c2c1)C(c1ccccn1)N(CC(C)C)C3=O. The third-order valence-electron chi connectivity index (χ3n) is 4.97. The maximum atomic E-state index is 13.4.